The minimum absolute atomic E-state index is 0.480. The summed E-state index contributed by atoms with van der Waals surface area (Å²) in [6.07, 6.45) is 5.11. The second-order valence-corrected chi connectivity index (χ2v) is 5.03. The Kier molecular flexibility index (Phi) is 4.39. The average molecular weight is 249 g/mol. The van der Waals surface area contributed by atoms with E-state index in [4.69, 9.17) is 4.74 Å². The first-order valence-electron chi connectivity index (χ1n) is 6.96. The van der Waals surface area contributed by atoms with Crippen molar-refractivity contribution in [2.24, 2.45) is 5.92 Å². The minimum Gasteiger partial charge on any atom is -0.478 e. The highest BCUT2D eigenvalue weighted by molar-refractivity contribution is 5.31. The third-order valence-corrected chi connectivity index (χ3v) is 3.26. The Morgan fingerprint density at radius 3 is 2.78 bits per heavy atom. The lowest BCUT2D eigenvalue weighted by Crippen LogP contribution is -2.21. The summed E-state index contributed by atoms with van der Waals surface area (Å²) in [5, 5.41) is 3.44. The van der Waals surface area contributed by atoms with Crippen LogP contribution < -0.4 is 10.1 Å². The molecule has 1 aromatic rings. The highest BCUT2D eigenvalue weighted by Crippen LogP contribution is 2.34. The molecule has 0 aliphatic heterocycles. The number of hydrogen-bond donors (Lipinski definition) is 1. The van der Waals surface area contributed by atoms with Gasteiger partial charge in [-0.3, -0.25) is 0 Å². The van der Waals surface area contributed by atoms with Crippen molar-refractivity contribution in [3.8, 4) is 5.88 Å². The highest BCUT2D eigenvalue weighted by atomic mass is 16.5. The number of aromatic nitrogens is 2. The summed E-state index contributed by atoms with van der Waals surface area (Å²) in [6.45, 7) is 6.78. The SMILES string of the molecule is CCOc1cc(C)nc(NC(CC)CC2CC2)n1. The van der Waals surface area contributed by atoms with Crippen LogP contribution in [0.15, 0.2) is 6.07 Å². The van der Waals surface area contributed by atoms with E-state index in [1.165, 1.54) is 19.3 Å². The fraction of sp³-hybridized carbons (Fsp3) is 0.714. The molecular formula is C14H23N3O. The van der Waals surface area contributed by atoms with Gasteiger partial charge in [-0.1, -0.05) is 19.8 Å². The summed E-state index contributed by atoms with van der Waals surface area (Å²) >= 11 is 0. The Labute approximate surface area is 109 Å². The van der Waals surface area contributed by atoms with E-state index in [2.05, 4.69) is 22.2 Å². The largest absolute Gasteiger partial charge is 0.478 e. The van der Waals surface area contributed by atoms with Crippen molar-refractivity contribution in [2.75, 3.05) is 11.9 Å². The molecule has 1 aliphatic rings. The van der Waals surface area contributed by atoms with Crippen molar-refractivity contribution in [1.82, 2.24) is 9.97 Å². The zero-order valence-corrected chi connectivity index (χ0v) is 11.6. The first kappa shape index (κ1) is 13.1. The van der Waals surface area contributed by atoms with Gasteiger partial charge in [-0.25, -0.2) is 4.98 Å². The van der Waals surface area contributed by atoms with E-state index in [9.17, 15) is 0 Å². The maximum absolute atomic E-state index is 5.44. The summed E-state index contributed by atoms with van der Waals surface area (Å²) in [7, 11) is 0. The van der Waals surface area contributed by atoms with Crippen LogP contribution in [0.3, 0.4) is 0 Å². The molecule has 1 N–H and O–H groups in total. The summed E-state index contributed by atoms with van der Waals surface area (Å²) in [5.41, 5.74) is 0.942. The molecule has 1 atom stereocenters. The predicted octanol–water partition coefficient (Wildman–Crippen LogP) is 3.17. The Bertz CT molecular complexity index is 391. The fourth-order valence-electron chi connectivity index (χ4n) is 2.09. The third kappa shape index (κ3) is 3.86. The van der Waals surface area contributed by atoms with Crippen LogP contribution >= 0.6 is 0 Å². The molecule has 0 amide bonds. The van der Waals surface area contributed by atoms with E-state index in [0.29, 0.717) is 24.5 Å². The molecule has 2 rings (SSSR count). The number of hydrogen-bond acceptors (Lipinski definition) is 4. The van der Waals surface area contributed by atoms with Crippen LogP contribution in [0.2, 0.25) is 0 Å². The maximum atomic E-state index is 5.44. The van der Waals surface area contributed by atoms with Crippen molar-refractivity contribution in [1.29, 1.82) is 0 Å². The molecule has 0 spiro atoms. The Morgan fingerprint density at radius 1 is 1.39 bits per heavy atom. The zero-order chi connectivity index (χ0) is 13.0. The van der Waals surface area contributed by atoms with Gasteiger partial charge >= 0.3 is 0 Å². The van der Waals surface area contributed by atoms with Crippen molar-refractivity contribution in [3.63, 3.8) is 0 Å². The van der Waals surface area contributed by atoms with E-state index in [1.807, 2.05) is 19.9 Å². The van der Waals surface area contributed by atoms with Gasteiger partial charge in [-0.05, 0) is 32.6 Å². The number of ether oxygens (including phenoxy) is 1. The maximum Gasteiger partial charge on any atom is 0.226 e. The molecule has 1 aliphatic carbocycles. The molecule has 1 fully saturated rings. The molecule has 1 unspecified atom stereocenters. The summed E-state index contributed by atoms with van der Waals surface area (Å²) in [5.74, 6) is 2.28. The normalized spacial score (nSPS) is 16.4. The molecule has 4 heteroatoms. The Balaban J connectivity index is 2.01. The lowest BCUT2D eigenvalue weighted by molar-refractivity contribution is 0.326. The zero-order valence-electron chi connectivity index (χ0n) is 11.6. The van der Waals surface area contributed by atoms with Crippen LogP contribution in [0.1, 0.15) is 45.2 Å². The fourth-order valence-corrected chi connectivity index (χ4v) is 2.09. The second-order valence-electron chi connectivity index (χ2n) is 5.03. The topological polar surface area (TPSA) is 47.0 Å². The van der Waals surface area contributed by atoms with Crippen molar-refractivity contribution in [2.45, 2.75) is 52.5 Å². The minimum atomic E-state index is 0.480. The molecule has 18 heavy (non-hydrogen) atoms. The van der Waals surface area contributed by atoms with Gasteiger partial charge in [-0.15, -0.1) is 0 Å². The summed E-state index contributed by atoms with van der Waals surface area (Å²) in [4.78, 5) is 8.82. The summed E-state index contributed by atoms with van der Waals surface area (Å²) in [6, 6.07) is 2.35. The third-order valence-electron chi connectivity index (χ3n) is 3.26. The molecule has 0 radical (unpaired) electrons. The summed E-state index contributed by atoms with van der Waals surface area (Å²) < 4.78 is 5.44. The standard InChI is InChI=1S/C14H23N3O/c1-4-12(9-11-6-7-11)16-14-15-10(3)8-13(17-14)18-5-2/h8,11-12H,4-7,9H2,1-3H3,(H,15,16,17). The van der Waals surface area contributed by atoms with Gasteiger partial charge in [0, 0.05) is 17.8 Å². The number of rotatable bonds is 7. The molecule has 0 bridgehead atoms. The smallest absolute Gasteiger partial charge is 0.226 e. The quantitative estimate of drug-likeness (QED) is 0.806. The predicted molar refractivity (Wildman–Crippen MR) is 73.0 cm³/mol. The van der Waals surface area contributed by atoms with Gasteiger partial charge < -0.3 is 10.1 Å². The molecule has 1 heterocycles. The second kappa shape index (κ2) is 6.03. The number of nitrogens with one attached hydrogen (secondary N) is 1. The first-order chi connectivity index (χ1) is 8.71. The van der Waals surface area contributed by atoms with Crippen LogP contribution in [0.4, 0.5) is 5.95 Å². The lowest BCUT2D eigenvalue weighted by Gasteiger charge is -2.17. The van der Waals surface area contributed by atoms with Gasteiger partial charge in [0.1, 0.15) is 0 Å². The van der Waals surface area contributed by atoms with Crippen LogP contribution in [-0.4, -0.2) is 22.6 Å². The van der Waals surface area contributed by atoms with Gasteiger partial charge in [0.05, 0.1) is 6.61 Å². The first-order valence-corrected chi connectivity index (χ1v) is 6.96. The van der Waals surface area contributed by atoms with Crippen LogP contribution in [-0.2, 0) is 0 Å². The number of anilines is 1. The van der Waals surface area contributed by atoms with Crippen molar-refractivity contribution >= 4 is 5.95 Å². The van der Waals surface area contributed by atoms with E-state index >= 15 is 0 Å². The molecule has 100 valence electrons. The van der Waals surface area contributed by atoms with Crippen molar-refractivity contribution in [3.05, 3.63) is 11.8 Å². The molecule has 1 saturated carbocycles. The highest BCUT2D eigenvalue weighted by Gasteiger charge is 2.25. The molecular weight excluding hydrogens is 226 g/mol. The number of aryl methyl sites for hydroxylation is 1. The Hall–Kier alpha value is -1.32. The Morgan fingerprint density at radius 2 is 2.17 bits per heavy atom. The average Bonchev–Trinajstić information content (AvgIpc) is 3.12. The van der Waals surface area contributed by atoms with E-state index in [1.54, 1.807) is 0 Å². The van der Waals surface area contributed by atoms with E-state index in [-0.39, 0.29) is 0 Å². The number of nitrogens with zero attached hydrogens (tertiary/aromatic N) is 2. The van der Waals surface area contributed by atoms with Crippen LogP contribution in [0, 0.1) is 12.8 Å². The van der Waals surface area contributed by atoms with Crippen LogP contribution in [0.5, 0.6) is 5.88 Å². The molecule has 4 nitrogen and oxygen atoms in total. The van der Waals surface area contributed by atoms with Gasteiger partial charge in [0.15, 0.2) is 0 Å². The van der Waals surface area contributed by atoms with Gasteiger partial charge in [-0.2, -0.15) is 4.98 Å². The monoisotopic (exact) mass is 249 g/mol. The molecule has 1 aromatic heterocycles. The van der Waals surface area contributed by atoms with Crippen molar-refractivity contribution < 1.29 is 4.74 Å². The van der Waals surface area contributed by atoms with Gasteiger partial charge in [0.2, 0.25) is 11.8 Å². The lowest BCUT2D eigenvalue weighted by atomic mass is 10.1. The molecule has 0 saturated heterocycles. The van der Waals surface area contributed by atoms with E-state index in [0.717, 1.165) is 18.0 Å². The molecule has 0 aromatic carbocycles. The van der Waals surface area contributed by atoms with Crippen LogP contribution in [0.25, 0.3) is 0 Å². The van der Waals surface area contributed by atoms with E-state index < -0.39 is 0 Å². The van der Waals surface area contributed by atoms with Gasteiger partial charge in [0.25, 0.3) is 0 Å².